The molecule has 0 bridgehead atoms. The lowest BCUT2D eigenvalue weighted by Crippen LogP contribution is -2.43. The molecule has 2 fully saturated rings. The van der Waals surface area contributed by atoms with Crippen molar-refractivity contribution in [1.29, 1.82) is 0 Å². The first-order chi connectivity index (χ1) is 20.1. The lowest BCUT2D eigenvalue weighted by molar-refractivity contribution is -0.192. The Kier molecular flexibility index (Phi) is 9.27. The van der Waals surface area contributed by atoms with E-state index in [-0.39, 0.29) is 36.1 Å². The van der Waals surface area contributed by atoms with E-state index in [1.807, 2.05) is 4.68 Å². The topological polar surface area (TPSA) is 170 Å². The minimum absolute atomic E-state index is 0.0743. The average molecular weight is 631 g/mol. The number of carboxylic acid groups (broad SMARTS) is 1. The van der Waals surface area contributed by atoms with E-state index in [2.05, 4.69) is 10.3 Å². The molecule has 2 aromatic heterocycles. The molecule has 1 aliphatic carbocycles. The summed E-state index contributed by atoms with van der Waals surface area (Å²) >= 11 is 0. The van der Waals surface area contributed by atoms with Crippen LogP contribution in [-0.4, -0.2) is 75.9 Å². The molecular weight excluding hydrogens is 600 g/mol. The van der Waals surface area contributed by atoms with E-state index in [9.17, 15) is 30.8 Å². The highest BCUT2D eigenvalue weighted by atomic mass is 32.2. The van der Waals surface area contributed by atoms with Crippen LogP contribution in [0.15, 0.2) is 35.5 Å². The number of sulfonamides is 1. The first kappa shape index (κ1) is 32.1. The van der Waals surface area contributed by atoms with Gasteiger partial charge < -0.3 is 20.9 Å². The summed E-state index contributed by atoms with van der Waals surface area (Å²) in [5, 5.41) is 15.6. The number of aryl methyl sites for hydroxylation is 1. The van der Waals surface area contributed by atoms with Gasteiger partial charge in [-0.1, -0.05) is 0 Å². The third-order valence-electron chi connectivity index (χ3n) is 6.78. The molecule has 0 amide bonds. The molecule has 2 aliphatic rings. The summed E-state index contributed by atoms with van der Waals surface area (Å²) in [5.41, 5.74) is 7.43. The molecule has 0 radical (unpaired) electrons. The highest BCUT2D eigenvalue weighted by molar-refractivity contribution is 7.89. The second kappa shape index (κ2) is 12.4. The number of pyridine rings is 1. The molecule has 17 heteroatoms. The maximum Gasteiger partial charge on any atom is 0.490 e. The Hall–Kier alpha value is -3.83. The Morgan fingerprint density at radius 3 is 2.33 bits per heavy atom. The first-order valence-corrected chi connectivity index (χ1v) is 14.7. The molecule has 5 rings (SSSR count). The van der Waals surface area contributed by atoms with Gasteiger partial charge in [0, 0.05) is 24.2 Å². The number of nitrogens with two attached hydrogens (primary N) is 1. The first-order valence-electron chi connectivity index (χ1n) is 13.3. The van der Waals surface area contributed by atoms with Crippen LogP contribution >= 0.6 is 0 Å². The number of esters is 1. The van der Waals surface area contributed by atoms with Crippen molar-refractivity contribution in [3.05, 3.63) is 41.8 Å². The standard InChI is InChI=1S/C24H29FN6O4S.C2HF3O2/c1-14-11-16(3-6-20(14)25)28-23-19-12-22(27-13-21(19)31(29-23)17-4-5-17)36(33,34)30-9-7-18(8-10-30)35-24(32)15(2)26;3-2(4,5)1(6)7/h3,6,11-13,15,17-18H,4-5,7-10,26H2,1-2H3,(H,28,29);(H,6,7)/t15-;/m0./s1. The zero-order valence-corrected chi connectivity index (χ0v) is 24.0. The van der Waals surface area contributed by atoms with Crippen molar-refractivity contribution >= 4 is 44.4 Å². The molecule has 1 atom stereocenters. The van der Waals surface area contributed by atoms with Gasteiger partial charge in [-0.25, -0.2) is 22.6 Å². The second-order valence-electron chi connectivity index (χ2n) is 10.3. The number of nitrogens with zero attached hydrogens (tertiary/aromatic N) is 4. The van der Waals surface area contributed by atoms with Crippen LogP contribution in [0.25, 0.3) is 10.9 Å². The largest absolute Gasteiger partial charge is 0.490 e. The summed E-state index contributed by atoms with van der Waals surface area (Å²) in [7, 11) is -3.88. The van der Waals surface area contributed by atoms with Gasteiger partial charge in [0.05, 0.1) is 17.8 Å². The van der Waals surface area contributed by atoms with E-state index < -0.39 is 34.2 Å². The normalized spacial score (nSPS) is 17.2. The highest BCUT2D eigenvalue weighted by Gasteiger charge is 2.38. The van der Waals surface area contributed by atoms with Crippen LogP contribution in [0.2, 0.25) is 0 Å². The molecule has 1 aromatic carbocycles. The predicted octanol–water partition coefficient (Wildman–Crippen LogP) is 3.63. The number of hydrogen-bond donors (Lipinski definition) is 3. The number of ether oxygens (including phenoxy) is 1. The van der Waals surface area contributed by atoms with Gasteiger partial charge in [-0.2, -0.15) is 22.6 Å². The predicted molar refractivity (Wildman–Crippen MR) is 145 cm³/mol. The zero-order chi connectivity index (χ0) is 31.7. The molecular formula is C26H30F4N6O6S. The van der Waals surface area contributed by atoms with Gasteiger partial charge in [0.1, 0.15) is 18.0 Å². The van der Waals surface area contributed by atoms with Crippen molar-refractivity contribution in [3.8, 4) is 0 Å². The van der Waals surface area contributed by atoms with Gasteiger partial charge in [0.25, 0.3) is 10.0 Å². The maximum atomic E-state index is 13.7. The fraction of sp³-hybridized carbons (Fsp3) is 0.462. The van der Waals surface area contributed by atoms with Crippen LogP contribution in [0.3, 0.4) is 0 Å². The van der Waals surface area contributed by atoms with Crippen LogP contribution < -0.4 is 11.1 Å². The molecule has 0 spiro atoms. The number of rotatable bonds is 7. The number of nitrogens with one attached hydrogen (secondary N) is 1. The van der Waals surface area contributed by atoms with Crippen LogP contribution in [-0.2, 0) is 24.3 Å². The van der Waals surface area contributed by atoms with Crippen molar-refractivity contribution in [3.63, 3.8) is 0 Å². The van der Waals surface area contributed by atoms with E-state index in [0.29, 0.717) is 35.3 Å². The number of carbonyl (C=O) groups is 2. The summed E-state index contributed by atoms with van der Waals surface area (Å²) in [5.74, 6) is -3.06. The third-order valence-corrected chi connectivity index (χ3v) is 8.58. The fourth-order valence-corrected chi connectivity index (χ4v) is 5.71. The number of alkyl halides is 3. The van der Waals surface area contributed by atoms with E-state index in [1.54, 1.807) is 32.2 Å². The van der Waals surface area contributed by atoms with Crippen molar-refractivity contribution in [2.24, 2.45) is 5.73 Å². The Bertz CT molecular complexity index is 1620. The van der Waals surface area contributed by atoms with Crippen LogP contribution in [0, 0.1) is 12.7 Å². The highest BCUT2D eigenvalue weighted by Crippen LogP contribution is 2.39. The molecule has 43 heavy (non-hydrogen) atoms. The van der Waals surface area contributed by atoms with Gasteiger partial charge in [0.15, 0.2) is 10.8 Å². The van der Waals surface area contributed by atoms with E-state index >= 15 is 0 Å². The SMILES string of the molecule is Cc1cc(Nc2nn(C3CC3)c3cnc(S(=O)(=O)N4CCC(OC(=O)[C@H](C)N)CC4)cc23)ccc1F.O=C(O)C(F)(F)F. The Labute approximate surface area is 243 Å². The molecule has 3 heterocycles. The van der Waals surface area contributed by atoms with Gasteiger partial charge in [-0.15, -0.1) is 0 Å². The number of anilines is 2. The van der Waals surface area contributed by atoms with Crippen LogP contribution in [0.4, 0.5) is 29.1 Å². The van der Waals surface area contributed by atoms with Crippen molar-refractivity contribution < 1.29 is 45.4 Å². The van der Waals surface area contributed by atoms with Crippen molar-refractivity contribution in [2.75, 3.05) is 18.4 Å². The molecule has 234 valence electrons. The van der Waals surface area contributed by atoms with Gasteiger partial charge in [-0.3, -0.25) is 9.48 Å². The van der Waals surface area contributed by atoms with Crippen LogP contribution in [0.1, 0.15) is 44.2 Å². The number of carbonyl (C=O) groups excluding carboxylic acids is 1. The minimum atomic E-state index is -5.08. The van der Waals surface area contributed by atoms with Gasteiger partial charge in [-0.05, 0) is 69.4 Å². The average Bonchev–Trinajstić information content (AvgIpc) is 3.72. The Morgan fingerprint density at radius 2 is 1.79 bits per heavy atom. The zero-order valence-electron chi connectivity index (χ0n) is 23.1. The van der Waals surface area contributed by atoms with Gasteiger partial charge in [0.2, 0.25) is 0 Å². The number of aliphatic carboxylic acids is 1. The van der Waals surface area contributed by atoms with E-state index in [4.69, 9.17) is 25.5 Å². The number of fused-ring (bicyclic) bond motifs is 1. The summed E-state index contributed by atoms with van der Waals surface area (Å²) in [6.07, 6.45) is -1.14. The lowest BCUT2D eigenvalue weighted by Gasteiger charge is -2.30. The molecule has 0 unspecified atom stereocenters. The monoisotopic (exact) mass is 630 g/mol. The van der Waals surface area contributed by atoms with Crippen molar-refractivity contribution in [2.45, 2.75) is 68.9 Å². The number of carboxylic acids is 1. The maximum absolute atomic E-state index is 13.7. The summed E-state index contributed by atoms with van der Waals surface area (Å²) in [6, 6.07) is 5.74. The van der Waals surface area contributed by atoms with Crippen LogP contribution in [0.5, 0.6) is 0 Å². The summed E-state index contributed by atoms with van der Waals surface area (Å²) < 4.78 is 80.9. The molecule has 1 saturated carbocycles. The molecule has 3 aromatic rings. The smallest absolute Gasteiger partial charge is 0.475 e. The molecule has 1 aliphatic heterocycles. The van der Waals surface area contributed by atoms with E-state index in [0.717, 1.165) is 18.4 Å². The molecule has 4 N–H and O–H groups in total. The molecule has 1 saturated heterocycles. The number of aromatic nitrogens is 3. The summed E-state index contributed by atoms with van der Waals surface area (Å²) in [4.78, 5) is 25.0. The number of benzene rings is 1. The van der Waals surface area contributed by atoms with Crippen molar-refractivity contribution in [1.82, 2.24) is 19.1 Å². The Morgan fingerprint density at radius 1 is 1.16 bits per heavy atom. The Balaban J connectivity index is 0.000000541. The summed E-state index contributed by atoms with van der Waals surface area (Å²) in [6.45, 7) is 3.65. The second-order valence-corrected chi connectivity index (χ2v) is 12.2. The number of piperidine rings is 1. The molecule has 12 nitrogen and oxygen atoms in total. The van der Waals surface area contributed by atoms with Gasteiger partial charge >= 0.3 is 18.1 Å². The third kappa shape index (κ3) is 7.58. The number of hydrogen-bond acceptors (Lipinski definition) is 9. The number of halogens is 4. The lowest BCUT2D eigenvalue weighted by atomic mass is 10.1. The quantitative estimate of drug-likeness (QED) is 0.259. The fourth-order valence-electron chi connectivity index (χ4n) is 4.30. The minimum Gasteiger partial charge on any atom is -0.475 e. The van der Waals surface area contributed by atoms with E-state index in [1.165, 1.54) is 16.4 Å².